The van der Waals surface area contributed by atoms with Gasteiger partial charge in [-0.05, 0) is 125 Å². The van der Waals surface area contributed by atoms with Gasteiger partial charge in [-0.3, -0.25) is 0 Å². The number of hydrogen-bond acceptors (Lipinski definition) is 0. The summed E-state index contributed by atoms with van der Waals surface area (Å²) in [5, 5.41) is 0. The van der Waals surface area contributed by atoms with Gasteiger partial charge in [0.05, 0.1) is 0 Å². The van der Waals surface area contributed by atoms with Crippen LogP contribution in [0.2, 0.25) is 0 Å². The standard InChI is InChI=1S/C51H68/c1-6-8-10-15-23-39-33-40(24-16-11-9-7-2)35-41(34-39)25-17-13-12-14-22-32-51(44-30-31-45-42(37-44)36-43(45)38-50(3,4)5)48-28-20-18-26-46(48)47-27-19-21-29-49(47)51/h18-21,26-31,33-35,37,43H,6-17,22-25,32,36,38H2,1-5H3. The average Bonchev–Trinajstić information content (AvgIpc) is 3.40. The summed E-state index contributed by atoms with van der Waals surface area (Å²) in [7, 11) is 0. The van der Waals surface area contributed by atoms with Crippen LogP contribution < -0.4 is 0 Å². The topological polar surface area (TPSA) is 0 Å². The highest BCUT2D eigenvalue weighted by Gasteiger charge is 2.44. The van der Waals surface area contributed by atoms with Gasteiger partial charge >= 0.3 is 0 Å². The van der Waals surface area contributed by atoms with Crippen LogP contribution in [0.5, 0.6) is 0 Å². The first-order valence-corrected chi connectivity index (χ1v) is 21.3. The van der Waals surface area contributed by atoms with E-state index >= 15 is 0 Å². The molecule has 0 nitrogen and oxygen atoms in total. The second-order valence-corrected chi connectivity index (χ2v) is 17.6. The van der Waals surface area contributed by atoms with Gasteiger partial charge in [-0.1, -0.05) is 184 Å². The molecule has 1 unspecified atom stereocenters. The van der Waals surface area contributed by atoms with Crippen LogP contribution in [0.1, 0.15) is 181 Å². The summed E-state index contributed by atoms with van der Waals surface area (Å²) in [5.74, 6) is 0.721. The summed E-state index contributed by atoms with van der Waals surface area (Å²) in [6.45, 7) is 11.8. The van der Waals surface area contributed by atoms with Gasteiger partial charge < -0.3 is 0 Å². The zero-order chi connectivity index (χ0) is 35.7. The Labute approximate surface area is 312 Å². The average molecular weight is 681 g/mol. The molecular formula is C51H68. The molecule has 0 heteroatoms. The Hall–Kier alpha value is -3.12. The molecule has 1 atom stereocenters. The first-order valence-electron chi connectivity index (χ1n) is 21.3. The molecule has 4 aromatic carbocycles. The number of unbranched alkanes of at least 4 members (excludes halogenated alkanes) is 10. The number of hydrogen-bond donors (Lipinski definition) is 0. The molecule has 0 radical (unpaired) electrons. The fourth-order valence-electron chi connectivity index (χ4n) is 9.70. The summed E-state index contributed by atoms with van der Waals surface area (Å²) in [6.07, 6.45) is 24.8. The Bertz CT molecular complexity index is 1620. The maximum Gasteiger partial charge on any atom is 0.0463 e. The van der Waals surface area contributed by atoms with E-state index in [0.717, 1.165) is 5.92 Å². The number of rotatable bonds is 20. The van der Waals surface area contributed by atoms with Gasteiger partial charge in [0, 0.05) is 5.41 Å². The maximum atomic E-state index is 2.61. The minimum absolute atomic E-state index is 0.0531. The molecule has 0 aromatic heterocycles. The number of aryl methyl sites for hydroxylation is 3. The van der Waals surface area contributed by atoms with Crippen molar-refractivity contribution in [3.05, 3.63) is 129 Å². The summed E-state index contributed by atoms with van der Waals surface area (Å²) in [6, 6.07) is 33.9. The van der Waals surface area contributed by atoms with Gasteiger partial charge in [-0.15, -0.1) is 0 Å². The molecule has 6 rings (SSSR count). The van der Waals surface area contributed by atoms with E-state index in [9.17, 15) is 0 Å². The first kappa shape index (κ1) is 37.6. The second-order valence-electron chi connectivity index (χ2n) is 17.6. The van der Waals surface area contributed by atoms with E-state index in [2.05, 4.69) is 120 Å². The Balaban J connectivity index is 1.10. The third-order valence-corrected chi connectivity index (χ3v) is 12.2. The van der Waals surface area contributed by atoms with E-state index in [1.54, 1.807) is 27.8 Å². The lowest BCUT2D eigenvalue weighted by Gasteiger charge is -2.38. The minimum Gasteiger partial charge on any atom is -0.0654 e. The fourth-order valence-corrected chi connectivity index (χ4v) is 9.70. The first-order chi connectivity index (χ1) is 24.8. The lowest BCUT2D eigenvalue weighted by molar-refractivity contribution is 0.323. The van der Waals surface area contributed by atoms with E-state index in [0.29, 0.717) is 5.41 Å². The molecule has 0 N–H and O–H groups in total. The molecule has 2 aliphatic carbocycles. The highest BCUT2D eigenvalue weighted by Crippen LogP contribution is 2.56. The minimum atomic E-state index is -0.0531. The summed E-state index contributed by atoms with van der Waals surface area (Å²) in [4.78, 5) is 0. The van der Waals surface area contributed by atoms with Crippen LogP contribution in [-0.2, 0) is 31.1 Å². The van der Waals surface area contributed by atoms with Gasteiger partial charge in [0.1, 0.15) is 0 Å². The normalized spacial score (nSPS) is 15.7. The van der Waals surface area contributed by atoms with E-state index < -0.39 is 0 Å². The van der Waals surface area contributed by atoms with Crippen LogP contribution in [0.25, 0.3) is 11.1 Å². The van der Waals surface area contributed by atoms with Gasteiger partial charge in [0.2, 0.25) is 0 Å². The predicted molar refractivity (Wildman–Crippen MR) is 222 cm³/mol. The molecule has 0 aliphatic heterocycles. The third kappa shape index (κ3) is 9.10. The molecule has 0 amide bonds. The molecule has 4 aromatic rings. The van der Waals surface area contributed by atoms with Crippen LogP contribution >= 0.6 is 0 Å². The molecule has 272 valence electrons. The van der Waals surface area contributed by atoms with Crippen molar-refractivity contribution in [1.82, 2.24) is 0 Å². The zero-order valence-corrected chi connectivity index (χ0v) is 33.1. The Morgan fingerprint density at radius 2 is 1.04 bits per heavy atom. The van der Waals surface area contributed by atoms with Gasteiger partial charge in [-0.25, -0.2) is 0 Å². The maximum absolute atomic E-state index is 2.61. The molecule has 0 saturated heterocycles. The van der Waals surface area contributed by atoms with Crippen LogP contribution in [0.4, 0.5) is 0 Å². The number of fused-ring (bicyclic) bond motifs is 4. The molecule has 51 heavy (non-hydrogen) atoms. The molecular weight excluding hydrogens is 613 g/mol. The van der Waals surface area contributed by atoms with E-state index in [-0.39, 0.29) is 5.41 Å². The monoisotopic (exact) mass is 681 g/mol. The van der Waals surface area contributed by atoms with Crippen LogP contribution in [-0.4, -0.2) is 0 Å². The van der Waals surface area contributed by atoms with Crippen molar-refractivity contribution in [1.29, 1.82) is 0 Å². The molecule has 0 spiro atoms. The van der Waals surface area contributed by atoms with E-state index in [1.807, 2.05) is 0 Å². The Kier molecular flexibility index (Phi) is 13.0. The molecule has 0 heterocycles. The van der Waals surface area contributed by atoms with Crippen molar-refractivity contribution in [2.24, 2.45) is 5.41 Å². The smallest absolute Gasteiger partial charge is 0.0463 e. The Morgan fingerprint density at radius 3 is 1.55 bits per heavy atom. The van der Waals surface area contributed by atoms with Crippen molar-refractivity contribution in [2.45, 2.75) is 168 Å². The fraction of sp³-hybridized carbons (Fsp3) is 0.529. The predicted octanol–water partition coefficient (Wildman–Crippen LogP) is 14.9. The molecule has 0 fully saturated rings. The van der Waals surface area contributed by atoms with Crippen molar-refractivity contribution in [3.8, 4) is 11.1 Å². The van der Waals surface area contributed by atoms with Crippen molar-refractivity contribution < 1.29 is 0 Å². The zero-order valence-electron chi connectivity index (χ0n) is 33.1. The van der Waals surface area contributed by atoms with Gasteiger partial charge in [0.25, 0.3) is 0 Å². The third-order valence-electron chi connectivity index (χ3n) is 12.2. The van der Waals surface area contributed by atoms with Crippen LogP contribution in [0.3, 0.4) is 0 Å². The summed E-state index contributed by atoms with van der Waals surface area (Å²) >= 11 is 0. The Morgan fingerprint density at radius 1 is 0.549 bits per heavy atom. The molecule has 0 saturated carbocycles. The van der Waals surface area contributed by atoms with Crippen LogP contribution in [0, 0.1) is 5.41 Å². The van der Waals surface area contributed by atoms with Crippen molar-refractivity contribution in [2.75, 3.05) is 0 Å². The lowest BCUT2D eigenvalue weighted by Crippen LogP contribution is -2.29. The molecule has 0 bridgehead atoms. The SMILES string of the molecule is CCCCCCc1cc(CCCCCC)cc(CCCCCCCC2(c3ccc4c(c3)CC4CC(C)(C)C)c3ccccc3-c3ccccc32)c1. The van der Waals surface area contributed by atoms with Gasteiger partial charge in [-0.2, -0.15) is 0 Å². The number of benzene rings is 4. The van der Waals surface area contributed by atoms with Crippen LogP contribution in [0.15, 0.2) is 84.9 Å². The van der Waals surface area contributed by atoms with Gasteiger partial charge in [0.15, 0.2) is 0 Å². The molecule has 2 aliphatic rings. The second kappa shape index (κ2) is 17.6. The summed E-state index contributed by atoms with van der Waals surface area (Å²) in [5.41, 5.74) is 15.8. The highest BCUT2D eigenvalue weighted by atomic mass is 14.5. The highest BCUT2D eigenvalue weighted by molar-refractivity contribution is 5.83. The van der Waals surface area contributed by atoms with E-state index in [1.165, 1.54) is 150 Å². The summed E-state index contributed by atoms with van der Waals surface area (Å²) < 4.78 is 0. The quantitative estimate of drug-likeness (QED) is 0.0815. The lowest BCUT2D eigenvalue weighted by atomic mass is 9.65. The van der Waals surface area contributed by atoms with E-state index in [4.69, 9.17) is 0 Å². The largest absolute Gasteiger partial charge is 0.0654 e. The van der Waals surface area contributed by atoms with Crippen molar-refractivity contribution in [3.63, 3.8) is 0 Å². The van der Waals surface area contributed by atoms with Crippen molar-refractivity contribution >= 4 is 0 Å².